The second-order valence-electron chi connectivity index (χ2n) is 6.16. The van der Waals surface area contributed by atoms with E-state index in [1.807, 2.05) is 50.4 Å². The van der Waals surface area contributed by atoms with E-state index in [-0.39, 0.29) is 5.91 Å². The molecule has 2 aromatic carbocycles. The molecule has 0 aliphatic rings. The molecule has 3 aromatic rings. The zero-order valence-electron chi connectivity index (χ0n) is 16.8. The van der Waals surface area contributed by atoms with Crippen LogP contribution in [0, 0.1) is 0 Å². The molecule has 0 aliphatic heterocycles. The van der Waals surface area contributed by atoms with Crippen molar-refractivity contribution in [2.75, 3.05) is 20.3 Å². The van der Waals surface area contributed by atoms with E-state index in [2.05, 4.69) is 10.4 Å². The van der Waals surface area contributed by atoms with E-state index in [9.17, 15) is 4.79 Å². The lowest BCUT2D eigenvalue weighted by atomic mass is 10.2. The highest BCUT2D eigenvalue weighted by molar-refractivity contribution is 5.94. The van der Waals surface area contributed by atoms with Gasteiger partial charge in [0.05, 0.1) is 38.2 Å². The van der Waals surface area contributed by atoms with Crippen LogP contribution in [0.4, 0.5) is 0 Å². The van der Waals surface area contributed by atoms with Gasteiger partial charge in [-0.25, -0.2) is 4.68 Å². The number of rotatable bonds is 9. The van der Waals surface area contributed by atoms with E-state index >= 15 is 0 Å². The second kappa shape index (κ2) is 9.64. The number of carbonyl (C=O) groups excluding carboxylic acids is 1. The fraction of sp³-hybridized carbons (Fsp3) is 0.273. The van der Waals surface area contributed by atoms with Gasteiger partial charge in [0, 0.05) is 11.8 Å². The third-order valence-corrected chi connectivity index (χ3v) is 4.22. The van der Waals surface area contributed by atoms with Crippen molar-refractivity contribution in [2.45, 2.75) is 20.4 Å². The summed E-state index contributed by atoms with van der Waals surface area (Å²) in [5, 5.41) is 7.39. The molecule has 0 spiro atoms. The summed E-state index contributed by atoms with van der Waals surface area (Å²) in [5.74, 6) is 1.78. The molecule has 1 amide bonds. The molecule has 0 saturated carbocycles. The second-order valence-corrected chi connectivity index (χ2v) is 6.16. The molecule has 1 aromatic heterocycles. The molecule has 0 aliphatic carbocycles. The molecular formula is C22H25N3O4. The van der Waals surface area contributed by atoms with Crippen molar-refractivity contribution < 1.29 is 19.0 Å². The number of benzene rings is 2. The molecule has 1 heterocycles. The predicted molar refractivity (Wildman–Crippen MR) is 110 cm³/mol. The fourth-order valence-electron chi connectivity index (χ4n) is 2.80. The average molecular weight is 395 g/mol. The Morgan fingerprint density at radius 1 is 1.00 bits per heavy atom. The standard InChI is InChI=1S/C22H25N3O4/c1-4-28-20-11-6-16(14-21(20)29-5-2)22(26)23-15-17-12-13-25(24-17)18-7-9-19(27-3)10-8-18/h6-14H,4-5,15H2,1-3H3,(H,23,26). The zero-order chi connectivity index (χ0) is 20.6. The predicted octanol–water partition coefficient (Wildman–Crippen LogP) is 3.61. The number of aromatic nitrogens is 2. The molecule has 0 saturated heterocycles. The first-order valence-electron chi connectivity index (χ1n) is 9.51. The van der Waals surface area contributed by atoms with Gasteiger partial charge in [-0.05, 0) is 62.4 Å². The Labute approximate surface area is 170 Å². The summed E-state index contributed by atoms with van der Waals surface area (Å²) in [7, 11) is 1.63. The Hall–Kier alpha value is -3.48. The quantitative estimate of drug-likeness (QED) is 0.599. The largest absolute Gasteiger partial charge is 0.497 e. The van der Waals surface area contributed by atoms with Crippen molar-refractivity contribution in [1.82, 2.24) is 15.1 Å². The average Bonchev–Trinajstić information content (AvgIpc) is 3.22. The van der Waals surface area contributed by atoms with Crippen LogP contribution < -0.4 is 19.5 Å². The van der Waals surface area contributed by atoms with E-state index in [0.717, 1.165) is 17.1 Å². The van der Waals surface area contributed by atoms with E-state index in [4.69, 9.17) is 14.2 Å². The van der Waals surface area contributed by atoms with Crippen molar-refractivity contribution in [2.24, 2.45) is 0 Å². The molecule has 0 atom stereocenters. The molecular weight excluding hydrogens is 370 g/mol. The van der Waals surface area contributed by atoms with Gasteiger partial charge < -0.3 is 19.5 Å². The Morgan fingerprint density at radius 3 is 2.41 bits per heavy atom. The number of ether oxygens (including phenoxy) is 3. The first kappa shape index (κ1) is 20.3. The molecule has 152 valence electrons. The Bertz CT molecular complexity index is 951. The first-order chi connectivity index (χ1) is 14.1. The van der Waals surface area contributed by atoms with Crippen LogP contribution in [0.5, 0.6) is 17.2 Å². The molecule has 0 radical (unpaired) electrons. The molecule has 7 heteroatoms. The van der Waals surface area contributed by atoms with Gasteiger partial charge in [0.2, 0.25) is 0 Å². The minimum atomic E-state index is -0.201. The molecule has 29 heavy (non-hydrogen) atoms. The summed E-state index contributed by atoms with van der Waals surface area (Å²) in [5.41, 5.74) is 2.17. The topological polar surface area (TPSA) is 74.6 Å². The maximum absolute atomic E-state index is 12.5. The minimum absolute atomic E-state index is 0.201. The van der Waals surface area contributed by atoms with Crippen molar-refractivity contribution >= 4 is 5.91 Å². The van der Waals surface area contributed by atoms with Crippen molar-refractivity contribution in [1.29, 1.82) is 0 Å². The molecule has 0 bridgehead atoms. The highest BCUT2D eigenvalue weighted by Gasteiger charge is 2.12. The number of nitrogens with one attached hydrogen (secondary N) is 1. The number of amides is 1. The van der Waals surface area contributed by atoms with Crippen molar-refractivity contribution in [3.8, 4) is 22.9 Å². The van der Waals surface area contributed by atoms with Crippen LogP contribution in [0.15, 0.2) is 54.7 Å². The Balaban J connectivity index is 1.64. The van der Waals surface area contributed by atoms with Gasteiger partial charge in [-0.2, -0.15) is 5.10 Å². The lowest BCUT2D eigenvalue weighted by Gasteiger charge is -2.12. The van der Waals surface area contributed by atoms with Crippen LogP contribution in [0.25, 0.3) is 5.69 Å². The van der Waals surface area contributed by atoms with Crippen molar-refractivity contribution in [3.05, 3.63) is 66.0 Å². The number of methoxy groups -OCH3 is 1. The van der Waals surface area contributed by atoms with Crippen LogP contribution in [0.3, 0.4) is 0 Å². The summed E-state index contributed by atoms with van der Waals surface area (Å²) in [6.07, 6.45) is 1.85. The third kappa shape index (κ3) is 5.07. The Kier molecular flexibility index (Phi) is 6.73. The fourth-order valence-corrected chi connectivity index (χ4v) is 2.80. The summed E-state index contributed by atoms with van der Waals surface area (Å²) < 4.78 is 18.0. The number of hydrogen-bond acceptors (Lipinski definition) is 5. The Morgan fingerprint density at radius 2 is 1.72 bits per heavy atom. The van der Waals surface area contributed by atoms with Gasteiger partial charge in [0.1, 0.15) is 5.75 Å². The maximum atomic E-state index is 12.5. The number of carbonyl (C=O) groups is 1. The highest BCUT2D eigenvalue weighted by Crippen LogP contribution is 2.28. The summed E-state index contributed by atoms with van der Waals surface area (Å²) in [4.78, 5) is 12.5. The molecule has 0 fully saturated rings. The summed E-state index contributed by atoms with van der Waals surface area (Å²) in [6.45, 7) is 5.14. The smallest absolute Gasteiger partial charge is 0.251 e. The van der Waals surface area contributed by atoms with Crippen molar-refractivity contribution in [3.63, 3.8) is 0 Å². The lowest BCUT2D eigenvalue weighted by Crippen LogP contribution is -2.23. The van der Waals surface area contributed by atoms with E-state index in [1.54, 1.807) is 30.0 Å². The highest BCUT2D eigenvalue weighted by atomic mass is 16.5. The van der Waals surface area contributed by atoms with Gasteiger partial charge in [-0.15, -0.1) is 0 Å². The normalized spacial score (nSPS) is 10.4. The van der Waals surface area contributed by atoms with Crippen LogP contribution in [0.2, 0.25) is 0 Å². The van der Waals surface area contributed by atoms with E-state index < -0.39 is 0 Å². The first-order valence-corrected chi connectivity index (χ1v) is 9.51. The molecule has 1 N–H and O–H groups in total. The van der Waals surface area contributed by atoms with Crippen LogP contribution >= 0.6 is 0 Å². The number of nitrogens with zero attached hydrogens (tertiary/aromatic N) is 2. The van der Waals surface area contributed by atoms with Gasteiger partial charge in [0.15, 0.2) is 11.5 Å². The minimum Gasteiger partial charge on any atom is -0.497 e. The summed E-state index contributed by atoms with van der Waals surface area (Å²) >= 11 is 0. The number of hydrogen-bond donors (Lipinski definition) is 1. The SMILES string of the molecule is CCOc1ccc(C(=O)NCc2ccn(-c3ccc(OC)cc3)n2)cc1OCC. The van der Waals surface area contributed by atoms with Crippen LogP contribution in [-0.2, 0) is 6.54 Å². The zero-order valence-corrected chi connectivity index (χ0v) is 16.8. The maximum Gasteiger partial charge on any atom is 0.251 e. The monoisotopic (exact) mass is 395 g/mol. The van der Waals surface area contributed by atoms with Crippen LogP contribution in [0.1, 0.15) is 29.9 Å². The van der Waals surface area contributed by atoms with Gasteiger partial charge >= 0.3 is 0 Å². The van der Waals surface area contributed by atoms with E-state index in [1.165, 1.54) is 0 Å². The summed E-state index contributed by atoms with van der Waals surface area (Å²) in [6, 6.07) is 14.6. The van der Waals surface area contributed by atoms with Crippen LogP contribution in [-0.4, -0.2) is 36.0 Å². The molecule has 3 rings (SSSR count). The molecule has 0 unspecified atom stereocenters. The van der Waals surface area contributed by atoms with Gasteiger partial charge in [-0.3, -0.25) is 4.79 Å². The van der Waals surface area contributed by atoms with Gasteiger partial charge in [0.25, 0.3) is 5.91 Å². The van der Waals surface area contributed by atoms with E-state index in [0.29, 0.717) is 36.8 Å². The lowest BCUT2D eigenvalue weighted by molar-refractivity contribution is 0.0950. The molecule has 7 nitrogen and oxygen atoms in total. The third-order valence-electron chi connectivity index (χ3n) is 4.22. The van der Waals surface area contributed by atoms with Gasteiger partial charge in [-0.1, -0.05) is 0 Å².